The SMILES string of the molecule is COc1cc(C2C=Nc3cc(C(C=NCC(C)C)=CN)cc[n+]32)cc(OC)c1C(=O)CCC(F)(F)F. The molecule has 0 saturated heterocycles. The number of rotatable bonds is 10. The molecule has 2 N–H and O–H groups in total. The van der Waals surface area contributed by atoms with Gasteiger partial charge in [0.05, 0.1) is 26.8 Å². The molecular formula is C26H30F3N4O3+. The quantitative estimate of drug-likeness (QED) is 0.285. The molecule has 2 heterocycles. The number of Topliss-reactive ketones (excluding diaryl/α,β-unsaturated/α-hetero) is 1. The first-order valence-corrected chi connectivity index (χ1v) is 11.4. The Balaban J connectivity index is 1.92. The molecule has 3 rings (SSSR count). The number of alkyl halides is 3. The average molecular weight is 504 g/mol. The number of carbonyl (C=O) groups is 1. The fraction of sp³-hybridized carbons (Fsp3) is 0.385. The molecule has 0 aliphatic carbocycles. The number of benzene rings is 1. The second kappa shape index (κ2) is 11.4. The first-order chi connectivity index (χ1) is 17.1. The molecule has 10 heteroatoms. The first kappa shape index (κ1) is 26.9. The minimum Gasteiger partial charge on any atom is -0.496 e. The molecule has 1 unspecified atom stereocenters. The Morgan fingerprint density at radius 3 is 2.44 bits per heavy atom. The van der Waals surface area contributed by atoms with Gasteiger partial charge in [-0.3, -0.25) is 9.79 Å². The second-order valence-corrected chi connectivity index (χ2v) is 8.75. The summed E-state index contributed by atoms with van der Waals surface area (Å²) in [6.07, 6.45) is 0.485. The number of halogens is 3. The molecule has 0 radical (unpaired) electrons. The van der Waals surface area contributed by atoms with Crippen molar-refractivity contribution in [2.24, 2.45) is 21.6 Å². The maximum absolute atomic E-state index is 12.7. The van der Waals surface area contributed by atoms with Gasteiger partial charge in [0, 0.05) is 42.6 Å². The lowest BCUT2D eigenvalue weighted by atomic mass is 9.98. The number of ether oxygens (including phenoxy) is 2. The molecule has 36 heavy (non-hydrogen) atoms. The highest BCUT2D eigenvalue weighted by atomic mass is 19.4. The van der Waals surface area contributed by atoms with Crippen LogP contribution in [0.15, 0.2) is 46.6 Å². The Hall–Kier alpha value is -3.69. The molecule has 1 aliphatic rings. The molecule has 0 saturated carbocycles. The number of carbonyl (C=O) groups excluding carboxylic acids is 1. The fourth-order valence-corrected chi connectivity index (χ4v) is 3.82. The number of pyridine rings is 1. The van der Waals surface area contributed by atoms with Crippen LogP contribution in [-0.2, 0) is 0 Å². The van der Waals surface area contributed by atoms with Crippen LogP contribution in [0.5, 0.6) is 11.5 Å². The molecule has 1 aromatic carbocycles. The second-order valence-electron chi connectivity index (χ2n) is 8.75. The van der Waals surface area contributed by atoms with Gasteiger partial charge in [-0.05, 0) is 34.7 Å². The summed E-state index contributed by atoms with van der Waals surface area (Å²) in [4.78, 5) is 21.6. The fourth-order valence-electron chi connectivity index (χ4n) is 3.82. The third kappa shape index (κ3) is 6.30. The predicted octanol–water partition coefficient (Wildman–Crippen LogP) is 4.85. The summed E-state index contributed by atoms with van der Waals surface area (Å²) in [6, 6.07) is 6.70. The van der Waals surface area contributed by atoms with Crippen LogP contribution in [0.25, 0.3) is 5.57 Å². The lowest BCUT2D eigenvalue weighted by Crippen LogP contribution is -2.37. The standard InChI is InChI=1S/C26H29F3N4O3/c1-16(2)13-31-14-19(12-30)17-6-8-33-20(15-32-24(33)11-17)18-9-22(35-3)25(23(10-18)36-4)21(34)5-7-26(27,28)29/h6,8-12,14-16,20,30H,5,7,13H2,1-4H3/p+1. The van der Waals surface area contributed by atoms with E-state index in [0.717, 1.165) is 11.1 Å². The largest absolute Gasteiger partial charge is 0.496 e. The van der Waals surface area contributed by atoms with E-state index in [9.17, 15) is 18.0 Å². The van der Waals surface area contributed by atoms with E-state index in [1.54, 1.807) is 24.6 Å². The summed E-state index contributed by atoms with van der Waals surface area (Å²) in [5, 5.41) is 0. The van der Waals surface area contributed by atoms with Gasteiger partial charge in [-0.25, -0.2) is 4.57 Å². The minimum absolute atomic E-state index is 0.0121. The van der Waals surface area contributed by atoms with Gasteiger partial charge in [-0.2, -0.15) is 13.2 Å². The maximum Gasteiger partial charge on any atom is 0.389 e. The molecule has 0 amide bonds. The van der Waals surface area contributed by atoms with Gasteiger partial charge in [0.15, 0.2) is 18.0 Å². The van der Waals surface area contributed by atoms with Gasteiger partial charge in [0.25, 0.3) is 0 Å². The number of aromatic nitrogens is 1. The van der Waals surface area contributed by atoms with Crippen molar-refractivity contribution >= 4 is 29.6 Å². The monoisotopic (exact) mass is 503 g/mol. The lowest BCUT2D eigenvalue weighted by molar-refractivity contribution is -0.679. The number of ketones is 1. The number of nitrogens with zero attached hydrogens (tertiary/aromatic N) is 3. The van der Waals surface area contributed by atoms with Crippen LogP contribution in [0.3, 0.4) is 0 Å². The molecule has 192 valence electrons. The molecule has 1 aromatic heterocycles. The summed E-state index contributed by atoms with van der Waals surface area (Å²) in [5.74, 6) is 0.695. The van der Waals surface area contributed by atoms with Crippen LogP contribution in [0, 0.1) is 5.92 Å². The Bertz CT molecular complexity index is 1180. The molecule has 7 nitrogen and oxygen atoms in total. The minimum atomic E-state index is -4.44. The van der Waals surface area contributed by atoms with Crippen molar-refractivity contribution in [2.45, 2.75) is 38.9 Å². The van der Waals surface area contributed by atoms with Crippen molar-refractivity contribution in [1.29, 1.82) is 0 Å². The molecule has 1 aliphatic heterocycles. The highest BCUT2D eigenvalue weighted by molar-refractivity contribution is 6.09. The van der Waals surface area contributed by atoms with Crippen LogP contribution in [-0.4, -0.2) is 45.2 Å². The first-order valence-electron chi connectivity index (χ1n) is 11.4. The molecule has 2 aromatic rings. The summed E-state index contributed by atoms with van der Waals surface area (Å²) in [7, 11) is 2.72. The van der Waals surface area contributed by atoms with Crippen LogP contribution < -0.4 is 19.8 Å². The van der Waals surface area contributed by atoms with E-state index in [4.69, 9.17) is 15.2 Å². The topological polar surface area (TPSA) is 90.2 Å². The number of aliphatic imine (C=N–C) groups is 2. The van der Waals surface area contributed by atoms with E-state index in [1.165, 1.54) is 20.4 Å². The molecule has 0 fully saturated rings. The summed E-state index contributed by atoms with van der Waals surface area (Å²) >= 11 is 0. The van der Waals surface area contributed by atoms with Gasteiger partial charge in [0.2, 0.25) is 0 Å². The Labute approximate surface area is 208 Å². The van der Waals surface area contributed by atoms with Crippen LogP contribution in [0.4, 0.5) is 19.0 Å². The van der Waals surface area contributed by atoms with Crippen LogP contribution in [0.2, 0.25) is 0 Å². The number of hydrogen-bond donors (Lipinski definition) is 1. The molecule has 0 spiro atoms. The zero-order valence-electron chi connectivity index (χ0n) is 20.7. The normalized spacial score (nSPS) is 15.6. The number of nitrogens with two attached hydrogens (primary N) is 1. The highest BCUT2D eigenvalue weighted by Crippen LogP contribution is 2.36. The van der Waals surface area contributed by atoms with E-state index < -0.39 is 24.8 Å². The molecular weight excluding hydrogens is 473 g/mol. The average Bonchev–Trinajstić information content (AvgIpc) is 3.27. The van der Waals surface area contributed by atoms with E-state index in [-0.39, 0.29) is 23.1 Å². The van der Waals surface area contributed by atoms with E-state index in [2.05, 4.69) is 23.8 Å². The number of methoxy groups -OCH3 is 2. The highest BCUT2D eigenvalue weighted by Gasteiger charge is 2.33. The van der Waals surface area contributed by atoms with Crippen molar-refractivity contribution < 1.29 is 32.0 Å². The number of fused-ring (bicyclic) bond motifs is 1. The van der Waals surface area contributed by atoms with E-state index in [1.807, 2.05) is 22.9 Å². The summed E-state index contributed by atoms with van der Waals surface area (Å²) in [5.41, 5.74) is 8.13. The Morgan fingerprint density at radius 1 is 1.22 bits per heavy atom. The smallest absolute Gasteiger partial charge is 0.389 e. The lowest BCUT2D eigenvalue weighted by Gasteiger charge is -2.16. The summed E-state index contributed by atoms with van der Waals surface area (Å²) < 4.78 is 50.6. The van der Waals surface area contributed by atoms with Crippen molar-refractivity contribution in [3.05, 3.63) is 53.4 Å². The van der Waals surface area contributed by atoms with Gasteiger partial charge < -0.3 is 15.2 Å². The van der Waals surface area contributed by atoms with Crippen molar-refractivity contribution in [3.8, 4) is 11.5 Å². The number of allylic oxidation sites excluding steroid dienone is 1. The van der Waals surface area contributed by atoms with Crippen molar-refractivity contribution in [2.75, 3.05) is 20.8 Å². The number of hydrogen-bond acceptors (Lipinski definition) is 6. The predicted molar refractivity (Wildman–Crippen MR) is 132 cm³/mol. The third-order valence-electron chi connectivity index (χ3n) is 5.61. The zero-order valence-corrected chi connectivity index (χ0v) is 20.7. The Morgan fingerprint density at radius 2 is 1.89 bits per heavy atom. The van der Waals surface area contributed by atoms with E-state index >= 15 is 0 Å². The maximum atomic E-state index is 12.7. The van der Waals surface area contributed by atoms with Gasteiger partial charge in [0.1, 0.15) is 17.1 Å². The zero-order chi connectivity index (χ0) is 26.5. The van der Waals surface area contributed by atoms with Crippen LogP contribution >= 0.6 is 0 Å². The molecule has 0 bridgehead atoms. The van der Waals surface area contributed by atoms with Crippen molar-refractivity contribution in [3.63, 3.8) is 0 Å². The third-order valence-corrected chi connectivity index (χ3v) is 5.61. The van der Waals surface area contributed by atoms with E-state index in [0.29, 0.717) is 23.8 Å². The van der Waals surface area contributed by atoms with Crippen LogP contribution in [0.1, 0.15) is 54.2 Å². The van der Waals surface area contributed by atoms with Gasteiger partial charge >= 0.3 is 12.0 Å². The van der Waals surface area contributed by atoms with Crippen molar-refractivity contribution in [1.82, 2.24) is 0 Å². The Kier molecular flexibility index (Phi) is 8.49. The van der Waals surface area contributed by atoms with Gasteiger partial charge in [-0.1, -0.05) is 13.8 Å². The molecule has 1 atom stereocenters. The van der Waals surface area contributed by atoms with Gasteiger partial charge in [-0.15, -0.1) is 0 Å². The summed E-state index contributed by atoms with van der Waals surface area (Å²) in [6.45, 7) is 4.85.